The standard InChI is InChI=1S/C17H24N2S/c1-4-5-14-6-8-15(9-7-14)16-12-20-17(19-16)11-18-10-13(2)3/h6-9,12-13,18H,4-5,10-11H2,1-3H3. The van der Waals surface area contributed by atoms with Crippen LogP contribution >= 0.6 is 11.3 Å². The van der Waals surface area contributed by atoms with Crippen LogP contribution in [0, 0.1) is 5.92 Å². The summed E-state index contributed by atoms with van der Waals surface area (Å²) in [6.07, 6.45) is 2.35. The zero-order valence-corrected chi connectivity index (χ0v) is 13.5. The molecule has 0 bridgehead atoms. The van der Waals surface area contributed by atoms with E-state index in [1.165, 1.54) is 22.6 Å². The first-order chi connectivity index (χ1) is 9.69. The van der Waals surface area contributed by atoms with Gasteiger partial charge in [0.1, 0.15) is 5.01 Å². The molecular weight excluding hydrogens is 264 g/mol. The number of thiazole rings is 1. The highest BCUT2D eigenvalue weighted by Crippen LogP contribution is 2.22. The van der Waals surface area contributed by atoms with Crippen LogP contribution in [0.2, 0.25) is 0 Å². The van der Waals surface area contributed by atoms with Crippen molar-refractivity contribution in [2.75, 3.05) is 6.54 Å². The summed E-state index contributed by atoms with van der Waals surface area (Å²) in [5, 5.41) is 6.76. The largest absolute Gasteiger partial charge is 0.310 e. The van der Waals surface area contributed by atoms with Crippen molar-refractivity contribution >= 4 is 11.3 Å². The fourth-order valence-corrected chi connectivity index (χ4v) is 2.90. The van der Waals surface area contributed by atoms with Gasteiger partial charge in [-0.3, -0.25) is 0 Å². The third kappa shape index (κ3) is 4.43. The fraction of sp³-hybridized carbons (Fsp3) is 0.471. The zero-order valence-electron chi connectivity index (χ0n) is 12.6. The van der Waals surface area contributed by atoms with Gasteiger partial charge in [0.25, 0.3) is 0 Å². The van der Waals surface area contributed by atoms with Gasteiger partial charge in [0, 0.05) is 17.5 Å². The molecule has 0 spiro atoms. The van der Waals surface area contributed by atoms with Crippen molar-refractivity contribution in [3.8, 4) is 11.3 Å². The molecule has 2 rings (SSSR count). The van der Waals surface area contributed by atoms with Crippen LogP contribution in [-0.2, 0) is 13.0 Å². The summed E-state index contributed by atoms with van der Waals surface area (Å²) in [7, 11) is 0. The highest BCUT2D eigenvalue weighted by molar-refractivity contribution is 7.09. The second-order valence-electron chi connectivity index (χ2n) is 5.60. The van der Waals surface area contributed by atoms with Crippen molar-refractivity contribution < 1.29 is 0 Å². The first kappa shape index (κ1) is 15.2. The number of hydrogen-bond acceptors (Lipinski definition) is 3. The minimum atomic E-state index is 0.681. The summed E-state index contributed by atoms with van der Waals surface area (Å²) < 4.78 is 0. The molecule has 2 nitrogen and oxygen atoms in total. The molecule has 0 aliphatic heterocycles. The molecule has 0 aliphatic carbocycles. The lowest BCUT2D eigenvalue weighted by Crippen LogP contribution is -2.18. The molecule has 0 radical (unpaired) electrons. The molecule has 2 aromatic rings. The molecule has 1 N–H and O–H groups in total. The number of rotatable bonds is 7. The monoisotopic (exact) mass is 288 g/mol. The Morgan fingerprint density at radius 3 is 2.60 bits per heavy atom. The van der Waals surface area contributed by atoms with Gasteiger partial charge in [-0.05, 0) is 24.4 Å². The number of nitrogens with one attached hydrogen (secondary N) is 1. The average molecular weight is 288 g/mol. The van der Waals surface area contributed by atoms with E-state index in [-0.39, 0.29) is 0 Å². The van der Waals surface area contributed by atoms with E-state index in [4.69, 9.17) is 4.98 Å². The molecule has 108 valence electrons. The van der Waals surface area contributed by atoms with Crippen molar-refractivity contribution in [1.82, 2.24) is 10.3 Å². The number of aryl methyl sites for hydroxylation is 1. The second kappa shape index (κ2) is 7.55. The fourth-order valence-electron chi connectivity index (χ4n) is 2.12. The zero-order chi connectivity index (χ0) is 14.4. The molecule has 1 heterocycles. The Bertz CT molecular complexity index is 514. The van der Waals surface area contributed by atoms with E-state index in [2.05, 4.69) is 55.7 Å². The maximum absolute atomic E-state index is 4.71. The van der Waals surface area contributed by atoms with Gasteiger partial charge in [0.15, 0.2) is 0 Å². The molecule has 0 unspecified atom stereocenters. The molecule has 1 aromatic heterocycles. The van der Waals surface area contributed by atoms with E-state index in [1.807, 2.05) is 0 Å². The molecule has 0 saturated carbocycles. The maximum Gasteiger partial charge on any atom is 0.107 e. The first-order valence-corrected chi connectivity index (χ1v) is 8.31. The van der Waals surface area contributed by atoms with Crippen molar-refractivity contribution in [2.45, 2.75) is 40.2 Å². The van der Waals surface area contributed by atoms with Crippen LogP contribution in [0.3, 0.4) is 0 Å². The molecule has 0 fully saturated rings. The smallest absolute Gasteiger partial charge is 0.107 e. The Morgan fingerprint density at radius 2 is 1.95 bits per heavy atom. The van der Waals surface area contributed by atoms with Crippen LogP contribution in [0.15, 0.2) is 29.6 Å². The Hall–Kier alpha value is -1.19. The highest BCUT2D eigenvalue weighted by atomic mass is 32.1. The van der Waals surface area contributed by atoms with Crippen LogP contribution in [0.1, 0.15) is 37.8 Å². The number of nitrogens with zero attached hydrogens (tertiary/aromatic N) is 1. The van der Waals surface area contributed by atoms with Crippen LogP contribution in [0.25, 0.3) is 11.3 Å². The second-order valence-corrected chi connectivity index (χ2v) is 6.54. The first-order valence-electron chi connectivity index (χ1n) is 7.43. The number of benzene rings is 1. The third-order valence-electron chi connectivity index (χ3n) is 3.17. The lowest BCUT2D eigenvalue weighted by molar-refractivity contribution is 0.551. The molecule has 20 heavy (non-hydrogen) atoms. The van der Waals surface area contributed by atoms with E-state index in [1.54, 1.807) is 11.3 Å². The molecule has 1 aromatic carbocycles. The SMILES string of the molecule is CCCc1ccc(-c2csc(CNCC(C)C)n2)cc1. The van der Waals surface area contributed by atoms with E-state index in [0.29, 0.717) is 5.92 Å². The normalized spacial score (nSPS) is 11.2. The average Bonchev–Trinajstić information content (AvgIpc) is 2.88. The van der Waals surface area contributed by atoms with Crippen LogP contribution in [0.4, 0.5) is 0 Å². The molecule has 0 saturated heterocycles. The van der Waals surface area contributed by atoms with Crippen molar-refractivity contribution in [3.63, 3.8) is 0 Å². The topological polar surface area (TPSA) is 24.9 Å². The van der Waals surface area contributed by atoms with E-state index < -0.39 is 0 Å². The Labute approximate surface area is 126 Å². The van der Waals surface area contributed by atoms with Crippen molar-refractivity contribution in [2.24, 2.45) is 5.92 Å². The molecule has 0 amide bonds. The Morgan fingerprint density at radius 1 is 1.20 bits per heavy atom. The third-order valence-corrected chi connectivity index (χ3v) is 4.02. The lowest BCUT2D eigenvalue weighted by Gasteiger charge is -2.04. The number of hydrogen-bond donors (Lipinski definition) is 1. The predicted molar refractivity (Wildman–Crippen MR) is 88.1 cm³/mol. The summed E-state index contributed by atoms with van der Waals surface area (Å²) in [4.78, 5) is 4.71. The lowest BCUT2D eigenvalue weighted by atomic mass is 10.1. The van der Waals surface area contributed by atoms with Gasteiger partial charge in [-0.25, -0.2) is 4.98 Å². The Balaban J connectivity index is 1.97. The van der Waals surface area contributed by atoms with Crippen molar-refractivity contribution in [1.29, 1.82) is 0 Å². The summed E-state index contributed by atoms with van der Waals surface area (Å²) >= 11 is 1.74. The van der Waals surface area contributed by atoms with Gasteiger partial charge in [-0.2, -0.15) is 0 Å². The van der Waals surface area contributed by atoms with Crippen molar-refractivity contribution in [3.05, 3.63) is 40.2 Å². The minimum absolute atomic E-state index is 0.681. The van der Waals surface area contributed by atoms with Gasteiger partial charge in [0.05, 0.1) is 5.69 Å². The van der Waals surface area contributed by atoms with Gasteiger partial charge in [-0.15, -0.1) is 11.3 Å². The Kier molecular flexibility index (Phi) is 5.74. The molecule has 0 aliphatic rings. The molecular formula is C17H24N2S. The highest BCUT2D eigenvalue weighted by Gasteiger charge is 2.05. The van der Waals surface area contributed by atoms with Crippen LogP contribution < -0.4 is 5.32 Å². The van der Waals surface area contributed by atoms with Gasteiger partial charge >= 0.3 is 0 Å². The quantitative estimate of drug-likeness (QED) is 0.811. The van der Waals surface area contributed by atoms with Gasteiger partial charge in [-0.1, -0.05) is 51.5 Å². The van der Waals surface area contributed by atoms with Gasteiger partial charge in [0.2, 0.25) is 0 Å². The predicted octanol–water partition coefficient (Wildman–Crippen LogP) is 4.51. The van der Waals surface area contributed by atoms with Gasteiger partial charge < -0.3 is 5.32 Å². The van der Waals surface area contributed by atoms with E-state index in [0.717, 1.165) is 25.2 Å². The summed E-state index contributed by atoms with van der Waals surface area (Å²) in [6.45, 7) is 8.57. The van der Waals surface area contributed by atoms with E-state index in [9.17, 15) is 0 Å². The molecule has 3 heteroatoms. The summed E-state index contributed by atoms with van der Waals surface area (Å²) in [5.74, 6) is 0.681. The number of aromatic nitrogens is 1. The maximum atomic E-state index is 4.71. The minimum Gasteiger partial charge on any atom is -0.310 e. The van der Waals surface area contributed by atoms with Crippen LogP contribution in [-0.4, -0.2) is 11.5 Å². The summed E-state index contributed by atoms with van der Waals surface area (Å²) in [6, 6.07) is 8.81. The van der Waals surface area contributed by atoms with Crippen LogP contribution in [0.5, 0.6) is 0 Å². The van der Waals surface area contributed by atoms with E-state index >= 15 is 0 Å². The molecule has 0 atom stereocenters. The summed E-state index contributed by atoms with van der Waals surface area (Å²) in [5.41, 5.74) is 3.72.